The monoisotopic (exact) mass is 492 g/mol. The standard InChI is InChI=1S/C29H28N6O2/c1-36-25-13-7-20(8-14-25)18-30-27-33-28(31-19-21-9-15-26(37-2)16-10-21)35-29(34-27)32-24-12-11-22-5-3-4-6-23(22)17-24/h3-17H,18-19H2,1-2H3,(H3,30,31,32,33,34,35). The van der Waals surface area contributed by atoms with E-state index in [9.17, 15) is 0 Å². The van der Waals surface area contributed by atoms with Gasteiger partial charge in [-0.1, -0.05) is 54.6 Å². The van der Waals surface area contributed by atoms with Gasteiger partial charge in [-0.25, -0.2) is 0 Å². The molecule has 0 unspecified atom stereocenters. The summed E-state index contributed by atoms with van der Waals surface area (Å²) in [5.41, 5.74) is 3.06. The summed E-state index contributed by atoms with van der Waals surface area (Å²) in [6.07, 6.45) is 0. The zero-order valence-corrected chi connectivity index (χ0v) is 20.7. The van der Waals surface area contributed by atoms with Crippen molar-refractivity contribution in [2.75, 3.05) is 30.2 Å². The predicted molar refractivity (Wildman–Crippen MR) is 148 cm³/mol. The minimum absolute atomic E-state index is 0.444. The van der Waals surface area contributed by atoms with E-state index in [-0.39, 0.29) is 0 Å². The minimum Gasteiger partial charge on any atom is -0.497 e. The fourth-order valence-corrected chi connectivity index (χ4v) is 3.84. The second kappa shape index (κ2) is 11.3. The molecule has 4 aromatic carbocycles. The highest BCUT2D eigenvalue weighted by molar-refractivity contribution is 5.86. The number of ether oxygens (including phenoxy) is 2. The number of anilines is 4. The molecule has 0 bridgehead atoms. The number of aromatic nitrogens is 3. The molecule has 0 aliphatic rings. The van der Waals surface area contributed by atoms with Crippen LogP contribution < -0.4 is 25.4 Å². The average Bonchev–Trinajstić information content (AvgIpc) is 2.95. The number of hydrogen-bond donors (Lipinski definition) is 3. The summed E-state index contributed by atoms with van der Waals surface area (Å²) in [7, 11) is 3.31. The zero-order valence-electron chi connectivity index (χ0n) is 20.7. The highest BCUT2D eigenvalue weighted by Crippen LogP contribution is 2.22. The van der Waals surface area contributed by atoms with Gasteiger partial charge in [-0.05, 0) is 58.3 Å². The van der Waals surface area contributed by atoms with Crippen molar-refractivity contribution in [3.8, 4) is 11.5 Å². The van der Waals surface area contributed by atoms with Gasteiger partial charge in [0.1, 0.15) is 11.5 Å². The maximum absolute atomic E-state index is 5.25. The third kappa shape index (κ3) is 6.24. The highest BCUT2D eigenvalue weighted by atomic mass is 16.5. The lowest BCUT2D eigenvalue weighted by atomic mass is 10.1. The van der Waals surface area contributed by atoms with Crippen molar-refractivity contribution in [2.24, 2.45) is 0 Å². The van der Waals surface area contributed by atoms with E-state index in [0.29, 0.717) is 30.9 Å². The van der Waals surface area contributed by atoms with E-state index in [2.05, 4.69) is 55.2 Å². The number of fused-ring (bicyclic) bond motifs is 1. The van der Waals surface area contributed by atoms with E-state index in [1.54, 1.807) is 14.2 Å². The number of nitrogens with zero attached hydrogens (tertiary/aromatic N) is 3. The lowest BCUT2D eigenvalue weighted by Gasteiger charge is -2.12. The fourth-order valence-electron chi connectivity index (χ4n) is 3.84. The molecule has 5 rings (SSSR count). The molecular formula is C29H28N6O2. The molecular weight excluding hydrogens is 464 g/mol. The summed E-state index contributed by atoms with van der Waals surface area (Å²) in [4.78, 5) is 13.8. The maximum atomic E-state index is 5.25. The summed E-state index contributed by atoms with van der Waals surface area (Å²) in [6.45, 7) is 1.11. The summed E-state index contributed by atoms with van der Waals surface area (Å²) < 4.78 is 10.5. The molecule has 8 heteroatoms. The molecule has 0 aliphatic carbocycles. The molecule has 0 radical (unpaired) electrons. The number of hydrogen-bond acceptors (Lipinski definition) is 8. The Balaban J connectivity index is 1.36. The molecule has 0 saturated heterocycles. The summed E-state index contributed by atoms with van der Waals surface area (Å²) >= 11 is 0. The van der Waals surface area contributed by atoms with Gasteiger partial charge in [-0.15, -0.1) is 0 Å². The molecule has 37 heavy (non-hydrogen) atoms. The van der Waals surface area contributed by atoms with Crippen molar-refractivity contribution in [2.45, 2.75) is 13.1 Å². The van der Waals surface area contributed by atoms with E-state index in [4.69, 9.17) is 9.47 Å². The predicted octanol–water partition coefficient (Wildman–Crippen LogP) is 6.01. The van der Waals surface area contributed by atoms with E-state index in [0.717, 1.165) is 33.7 Å². The first-order chi connectivity index (χ1) is 18.2. The first kappa shape index (κ1) is 23.9. The number of nitrogens with one attached hydrogen (secondary N) is 3. The second-order valence-corrected chi connectivity index (χ2v) is 8.40. The molecule has 0 fully saturated rings. The largest absolute Gasteiger partial charge is 0.497 e. The lowest BCUT2D eigenvalue weighted by molar-refractivity contribution is 0.414. The molecule has 8 nitrogen and oxygen atoms in total. The topological polar surface area (TPSA) is 93.2 Å². The molecule has 186 valence electrons. The number of rotatable bonds is 10. The molecule has 5 aromatic rings. The van der Waals surface area contributed by atoms with Crippen LogP contribution in [0.25, 0.3) is 10.8 Å². The van der Waals surface area contributed by atoms with Gasteiger partial charge in [0.05, 0.1) is 14.2 Å². The van der Waals surface area contributed by atoms with Crippen molar-refractivity contribution in [3.63, 3.8) is 0 Å². The van der Waals surface area contributed by atoms with Crippen LogP contribution in [0.3, 0.4) is 0 Å². The second-order valence-electron chi connectivity index (χ2n) is 8.40. The Labute approximate surface area is 215 Å². The number of benzene rings is 4. The van der Waals surface area contributed by atoms with Crippen molar-refractivity contribution < 1.29 is 9.47 Å². The summed E-state index contributed by atoms with van der Waals surface area (Å²) in [5.74, 6) is 3.00. The normalized spacial score (nSPS) is 10.6. The molecule has 0 saturated carbocycles. The van der Waals surface area contributed by atoms with Crippen LogP contribution in [-0.4, -0.2) is 29.2 Å². The van der Waals surface area contributed by atoms with Gasteiger partial charge in [0, 0.05) is 18.8 Å². The van der Waals surface area contributed by atoms with Gasteiger partial charge in [-0.3, -0.25) is 0 Å². The van der Waals surface area contributed by atoms with Crippen LogP contribution in [0.4, 0.5) is 23.5 Å². The van der Waals surface area contributed by atoms with Gasteiger partial charge in [0.25, 0.3) is 0 Å². The van der Waals surface area contributed by atoms with Crippen molar-refractivity contribution in [3.05, 3.63) is 102 Å². The Morgan fingerprint density at radius 3 is 1.62 bits per heavy atom. The van der Waals surface area contributed by atoms with Crippen molar-refractivity contribution in [1.29, 1.82) is 0 Å². The van der Waals surface area contributed by atoms with Crippen molar-refractivity contribution in [1.82, 2.24) is 15.0 Å². The summed E-state index contributed by atoms with van der Waals surface area (Å²) in [6, 6.07) is 30.1. The molecule has 0 amide bonds. The SMILES string of the molecule is COc1ccc(CNc2nc(NCc3ccc(OC)cc3)nc(Nc3ccc4ccccc4c3)n2)cc1. The fraction of sp³-hybridized carbons (Fsp3) is 0.138. The Kier molecular flexibility index (Phi) is 7.26. The van der Waals surface area contributed by atoms with Crippen LogP contribution in [0.5, 0.6) is 11.5 Å². The molecule has 1 heterocycles. The Morgan fingerprint density at radius 2 is 1.08 bits per heavy atom. The molecule has 0 spiro atoms. The quantitative estimate of drug-likeness (QED) is 0.218. The summed E-state index contributed by atoms with van der Waals surface area (Å²) in [5, 5.41) is 12.3. The third-order valence-corrected chi connectivity index (χ3v) is 5.86. The van der Waals surface area contributed by atoms with Crippen LogP contribution in [0.2, 0.25) is 0 Å². The van der Waals surface area contributed by atoms with Gasteiger partial charge < -0.3 is 25.4 Å². The van der Waals surface area contributed by atoms with E-state index in [1.165, 1.54) is 5.39 Å². The first-order valence-corrected chi connectivity index (χ1v) is 11.9. The lowest BCUT2D eigenvalue weighted by Crippen LogP contribution is -2.11. The molecule has 3 N–H and O–H groups in total. The molecule has 1 aromatic heterocycles. The zero-order chi connectivity index (χ0) is 25.5. The molecule has 0 atom stereocenters. The Morgan fingerprint density at radius 1 is 0.568 bits per heavy atom. The van der Waals surface area contributed by atoms with E-state index >= 15 is 0 Å². The minimum atomic E-state index is 0.444. The molecule has 0 aliphatic heterocycles. The Bertz CT molecular complexity index is 1400. The van der Waals surface area contributed by atoms with Crippen molar-refractivity contribution >= 4 is 34.3 Å². The highest BCUT2D eigenvalue weighted by Gasteiger charge is 2.09. The van der Waals surface area contributed by atoms with Gasteiger partial charge >= 0.3 is 0 Å². The van der Waals surface area contributed by atoms with Crippen LogP contribution in [0.15, 0.2) is 91.0 Å². The third-order valence-electron chi connectivity index (χ3n) is 5.86. The van der Waals surface area contributed by atoms with Crippen LogP contribution in [0.1, 0.15) is 11.1 Å². The van der Waals surface area contributed by atoms with Crippen LogP contribution >= 0.6 is 0 Å². The first-order valence-electron chi connectivity index (χ1n) is 11.9. The van der Waals surface area contributed by atoms with Gasteiger partial charge in [0.2, 0.25) is 17.8 Å². The number of methoxy groups -OCH3 is 2. The van der Waals surface area contributed by atoms with E-state index < -0.39 is 0 Å². The van der Waals surface area contributed by atoms with Gasteiger partial charge in [-0.2, -0.15) is 15.0 Å². The van der Waals surface area contributed by atoms with Gasteiger partial charge in [0.15, 0.2) is 0 Å². The Hall–Kier alpha value is -4.85. The maximum Gasteiger partial charge on any atom is 0.233 e. The average molecular weight is 493 g/mol. The van der Waals surface area contributed by atoms with Crippen LogP contribution in [-0.2, 0) is 13.1 Å². The smallest absolute Gasteiger partial charge is 0.233 e. The van der Waals surface area contributed by atoms with E-state index in [1.807, 2.05) is 66.7 Å². The van der Waals surface area contributed by atoms with Crippen LogP contribution in [0, 0.1) is 0 Å².